The Morgan fingerprint density at radius 1 is 1.32 bits per heavy atom. The van der Waals surface area contributed by atoms with Crippen LogP contribution in [0.15, 0.2) is 41.5 Å². The van der Waals surface area contributed by atoms with Gasteiger partial charge in [-0.25, -0.2) is 9.78 Å². The number of hydrogen-bond donors (Lipinski definition) is 2. The molecule has 0 spiro atoms. The number of anilines is 1. The molecule has 0 radical (unpaired) electrons. The topological polar surface area (TPSA) is 94.5 Å². The van der Waals surface area contributed by atoms with E-state index < -0.39 is 6.03 Å². The molecule has 2 rings (SSSR count). The lowest BCUT2D eigenvalue weighted by molar-refractivity contribution is 0.168. The first kappa shape index (κ1) is 18.5. The van der Waals surface area contributed by atoms with Gasteiger partial charge in [0.25, 0.3) is 5.56 Å². The lowest BCUT2D eigenvalue weighted by Crippen LogP contribution is -2.37. The maximum atomic E-state index is 12.2. The van der Waals surface area contributed by atoms with E-state index in [1.165, 1.54) is 17.0 Å². The van der Waals surface area contributed by atoms with Gasteiger partial charge in [-0.3, -0.25) is 10.1 Å². The Balaban J connectivity index is 2.08. The first-order valence-electron chi connectivity index (χ1n) is 7.86. The van der Waals surface area contributed by atoms with Crippen molar-refractivity contribution in [2.24, 2.45) is 7.05 Å². The molecule has 8 nitrogen and oxygen atoms in total. The summed E-state index contributed by atoms with van der Waals surface area (Å²) in [6.45, 7) is 2.78. The van der Waals surface area contributed by atoms with Gasteiger partial charge in [0.2, 0.25) is 5.82 Å². The Bertz CT molecular complexity index is 758. The second-order valence-corrected chi connectivity index (χ2v) is 5.30. The van der Waals surface area contributed by atoms with Crippen molar-refractivity contribution < 1.29 is 14.3 Å². The van der Waals surface area contributed by atoms with Crippen molar-refractivity contribution in [1.29, 1.82) is 0 Å². The van der Waals surface area contributed by atoms with E-state index in [2.05, 4.69) is 15.6 Å². The molecule has 0 fully saturated rings. The third kappa shape index (κ3) is 5.05. The van der Waals surface area contributed by atoms with Gasteiger partial charge in [-0.05, 0) is 24.6 Å². The number of carbonyl (C=O) groups excluding carboxylic acids is 1. The van der Waals surface area contributed by atoms with E-state index in [9.17, 15) is 9.59 Å². The third-order valence-electron chi connectivity index (χ3n) is 3.48. The van der Waals surface area contributed by atoms with Crippen molar-refractivity contribution in [3.8, 4) is 5.75 Å². The summed E-state index contributed by atoms with van der Waals surface area (Å²) in [7, 11) is 3.14. The number of ether oxygens (including phenoxy) is 2. The molecule has 1 unspecified atom stereocenters. The van der Waals surface area contributed by atoms with Gasteiger partial charge in [0.05, 0.1) is 19.3 Å². The van der Waals surface area contributed by atoms with Crippen LogP contribution in [0.4, 0.5) is 10.6 Å². The Morgan fingerprint density at radius 3 is 2.68 bits per heavy atom. The Kier molecular flexibility index (Phi) is 6.53. The van der Waals surface area contributed by atoms with Crippen LogP contribution < -0.4 is 20.9 Å². The fraction of sp³-hybridized carbons (Fsp3) is 0.353. The molecule has 0 aliphatic heterocycles. The number of nitrogens with zero attached hydrogens (tertiary/aromatic N) is 2. The summed E-state index contributed by atoms with van der Waals surface area (Å²) < 4.78 is 11.9. The summed E-state index contributed by atoms with van der Waals surface area (Å²) in [5.41, 5.74) is 0.469. The molecule has 8 heteroatoms. The summed E-state index contributed by atoms with van der Waals surface area (Å²) in [6, 6.07) is 6.45. The van der Waals surface area contributed by atoms with E-state index in [4.69, 9.17) is 9.47 Å². The lowest BCUT2D eigenvalue weighted by Gasteiger charge is -2.19. The first-order valence-corrected chi connectivity index (χ1v) is 7.86. The number of benzene rings is 1. The Morgan fingerprint density at radius 2 is 2.04 bits per heavy atom. The predicted molar refractivity (Wildman–Crippen MR) is 93.9 cm³/mol. The SMILES string of the molecule is CCOc1ccc(C(COC)NC(=O)Nc2nccn(C)c2=O)cc1. The first-order chi connectivity index (χ1) is 12.0. The summed E-state index contributed by atoms with van der Waals surface area (Å²) in [6.07, 6.45) is 2.95. The Hall–Kier alpha value is -2.87. The van der Waals surface area contributed by atoms with Crippen LogP contribution in [0.3, 0.4) is 0 Å². The van der Waals surface area contributed by atoms with Crippen molar-refractivity contribution in [3.63, 3.8) is 0 Å². The minimum atomic E-state index is -0.535. The highest BCUT2D eigenvalue weighted by atomic mass is 16.5. The number of amides is 2. The molecule has 25 heavy (non-hydrogen) atoms. The number of aromatic nitrogens is 2. The minimum Gasteiger partial charge on any atom is -0.494 e. The highest BCUT2D eigenvalue weighted by molar-refractivity contribution is 5.88. The monoisotopic (exact) mass is 346 g/mol. The zero-order valence-corrected chi connectivity index (χ0v) is 14.5. The molecular formula is C17H22N4O4. The highest BCUT2D eigenvalue weighted by Gasteiger charge is 2.16. The van der Waals surface area contributed by atoms with E-state index in [0.717, 1.165) is 11.3 Å². The van der Waals surface area contributed by atoms with E-state index in [1.54, 1.807) is 14.2 Å². The van der Waals surface area contributed by atoms with Crippen molar-refractivity contribution >= 4 is 11.8 Å². The molecule has 1 aromatic carbocycles. The average Bonchev–Trinajstić information content (AvgIpc) is 2.60. The fourth-order valence-corrected chi connectivity index (χ4v) is 2.24. The van der Waals surface area contributed by atoms with E-state index in [0.29, 0.717) is 6.61 Å². The molecule has 1 atom stereocenters. The van der Waals surface area contributed by atoms with Crippen LogP contribution in [0, 0.1) is 0 Å². The smallest absolute Gasteiger partial charge is 0.321 e. The Labute approximate surface area is 145 Å². The molecule has 134 valence electrons. The minimum absolute atomic E-state index is 0.0367. The summed E-state index contributed by atoms with van der Waals surface area (Å²) in [4.78, 5) is 28.0. The number of aryl methyl sites for hydroxylation is 1. The number of nitrogens with one attached hydrogen (secondary N) is 2. The average molecular weight is 346 g/mol. The maximum absolute atomic E-state index is 12.2. The van der Waals surface area contributed by atoms with Crippen LogP contribution in [0.2, 0.25) is 0 Å². The van der Waals surface area contributed by atoms with Gasteiger partial charge in [-0.15, -0.1) is 0 Å². The van der Waals surface area contributed by atoms with Gasteiger partial charge in [0, 0.05) is 26.6 Å². The predicted octanol–water partition coefficient (Wildman–Crippen LogP) is 1.69. The number of methoxy groups -OCH3 is 1. The third-order valence-corrected chi connectivity index (χ3v) is 3.48. The lowest BCUT2D eigenvalue weighted by atomic mass is 10.1. The van der Waals surface area contributed by atoms with Crippen molar-refractivity contribution in [1.82, 2.24) is 14.9 Å². The maximum Gasteiger partial charge on any atom is 0.321 e. The van der Waals surface area contributed by atoms with Crippen LogP contribution in [-0.4, -0.2) is 35.9 Å². The molecule has 1 aromatic heterocycles. The van der Waals surface area contributed by atoms with Crippen molar-refractivity contribution in [2.75, 3.05) is 25.6 Å². The van der Waals surface area contributed by atoms with Gasteiger partial charge < -0.3 is 19.4 Å². The van der Waals surface area contributed by atoms with Gasteiger partial charge in [0.15, 0.2) is 0 Å². The van der Waals surface area contributed by atoms with Crippen LogP contribution in [-0.2, 0) is 11.8 Å². The molecular weight excluding hydrogens is 324 g/mol. The van der Waals surface area contributed by atoms with Crippen molar-refractivity contribution in [3.05, 3.63) is 52.6 Å². The molecule has 2 amide bonds. The molecule has 0 aliphatic rings. The number of rotatable bonds is 7. The standard InChI is InChI=1S/C17H22N4O4/c1-4-25-13-7-5-12(6-8-13)14(11-24-3)19-17(23)20-15-16(22)21(2)10-9-18-15/h5-10,14H,4,11H2,1-3H3,(H2,18,19,20,23). The van der Waals surface area contributed by atoms with E-state index >= 15 is 0 Å². The van der Waals surface area contributed by atoms with E-state index in [-0.39, 0.29) is 24.0 Å². The highest BCUT2D eigenvalue weighted by Crippen LogP contribution is 2.18. The summed E-state index contributed by atoms with van der Waals surface area (Å²) >= 11 is 0. The van der Waals surface area contributed by atoms with Crippen LogP contribution in [0.5, 0.6) is 5.75 Å². The second-order valence-electron chi connectivity index (χ2n) is 5.30. The van der Waals surface area contributed by atoms with Gasteiger partial charge in [0.1, 0.15) is 5.75 Å². The molecule has 2 N–H and O–H groups in total. The number of urea groups is 1. The molecule has 0 aliphatic carbocycles. The van der Waals surface area contributed by atoms with Crippen LogP contribution in [0.25, 0.3) is 0 Å². The summed E-state index contributed by atoms with van der Waals surface area (Å²) in [5.74, 6) is 0.717. The molecule has 0 saturated heterocycles. The van der Waals surface area contributed by atoms with E-state index in [1.807, 2.05) is 31.2 Å². The fourth-order valence-electron chi connectivity index (χ4n) is 2.24. The zero-order valence-electron chi connectivity index (χ0n) is 14.5. The van der Waals surface area contributed by atoms with Gasteiger partial charge >= 0.3 is 6.03 Å². The normalized spacial score (nSPS) is 11.6. The molecule has 0 bridgehead atoms. The number of carbonyl (C=O) groups is 1. The molecule has 0 saturated carbocycles. The number of hydrogen-bond acceptors (Lipinski definition) is 5. The van der Waals surface area contributed by atoms with Crippen LogP contribution >= 0.6 is 0 Å². The zero-order chi connectivity index (χ0) is 18.2. The molecule has 2 aromatic rings. The van der Waals surface area contributed by atoms with Gasteiger partial charge in [-0.1, -0.05) is 12.1 Å². The van der Waals surface area contributed by atoms with Crippen molar-refractivity contribution in [2.45, 2.75) is 13.0 Å². The largest absolute Gasteiger partial charge is 0.494 e. The van der Waals surface area contributed by atoms with Gasteiger partial charge in [-0.2, -0.15) is 0 Å². The molecule has 1 heterocycles. The quantitative estimate of drug-likeness (QED) is 0.795. The summed E-state index contributed by atoms with van der Waals surface area (Å²) in [5, 5.41) is 5.24. The second kappa shape index (κ2) is 8.84. The van der Waals surface area contributed by atoms with Crippen LogP contribution in [0.1, 0.15) is 18.5 Å².